The fourth-order valence-electron chi connectivity index (χ4n) is 0.755. The number of thiophene rings is 1. The molecule has 0 saturated carbocycles. The molecule has 0 unspecified atom stereocenters. The minimum absolute atomic E-state index is 0.126. The van der Waals surface area contributed by atoms with Gasteiger partial charge in [-0.2, -0.15) is 18.4 Å². The van der Waals surface area contributed by atoms with Crippen LogP contribution in [-0.4, -0.2) is 21.2 Å². The predicted molar refractivity (Wildman–Crippen MR) is 51.4 cm³/mol. The van der Waals surface area contributed by atoms with Crippen LogP contribution >= 0.6 is 11.3 Å². The van der Waals surface area contributed by atoms with Crippen LogP contribution in [0.15, 0.2) is 16.3 Å². The van der Waals surface area contributed by atoms with Gasteiger partial charge in [-0.1, -0.05) is 4.89 Å². The quantitative estimate of drug-likeness (QED) is 0.848. The van der Waals surface area contributed by atoms with Crippen molar-refractivity contribution in [3.8, 4) is 6.07 Å². The highest BCUT2D eigenvalue weighted by Gasteiger charge is 2.29. The minimum atomic E-state index is -4.63. The number of hydrogen-bond acceptors (Lipinski definition) is 5. The van der Waals surface area contributed by atoms with Gasteiger partial charge >= 0.3 is 6.18 Å². The average molecular weight is 286 g/mol. The van der Waals surface area contributed by atoms with Crippen molar-refractivity contribution in [1.82, 2.24) is 4.89 Å². The summed E-state index contributed by atoms with van der Waals surface area (Å²) >= 11 is 0.625. The van der Waals surface area contributed by atoms with E-state index in [0.29, 0.717) is 11.3 Å². The number of nitrogens with one attached hydrogen (secondary N) is 1. The SMILES string of the molecule is N#Cc1ccc(S(=O)(=O)NOCC(F)(F)F)s1. The normalized spacial score (nSPS) is 12.4. The maximum absolute atomic E-state index is 11.7. The van der Waals surface area contributed by atoms with Crippen LogP contribution in [0.2, 0.25) is 0 Å². The van der Waals surface area contributed by atoms with E-state index >= 15 is 0 Å². The molecule has 1 aromatic heterocycles. The van der Waals surface area contributed by atoms with Gasteiger partial charge in [0.1, 0.15) is 15.2 Å². The number of nitriles is 1. The van der Waals surface area contributed by atoms with E-state index in [0.717, 1.165) is 6.07 Å². The smallest absolute Gasteiger partial charge is 0.277 e. The maximum atomic E-state index is 11.7. The van der Waals surface area contributed by atoms with Crippen molar-refractivity contribution in [2.45, 2.75) is 10.4 Å². The molecule has 1 N–H and O–H groups in total. The van der Waals surface area contributed by atoms with Gasteiger partial charge in [0.2, 0.25) is 0 Å². The maximum Gasteiger partial charge on any atom is 0.413 e. The molecular formula is C7H5F3N2O3S2. The second-order valence-corrected chi connectivity index (χ2v) is 5.68. The summed E-state index contributed by atoms with van der Waals surface area (Å²) in [7, 11) is -4.18. The predicted octanol–water partition coefficient (Wildman–Crippen LogP) is 1.39. The van der Waals surface area contributed by atoms with Crippen LogP contribution in [0.5, 0.6) is 0 Å². The van der Waals surface area contributed by atoms with Crippen LogP contribution < -0.4 is 4.89 Å². The van der Waals surface area contributed by atoms with Crippen LogP contribution in [-0.2, 0) is 14.9 Å². The number of rotatable bonds is 4. The topological polar surface area (TPSA) is 79.2 Å². The zero-order valence-electron chi connectivity index (χ0n) is 7.98. The van der Waals surface area contributed by atoms with E-state index in [-0.39, 0.29) is 9.09 Å². The molecule has 5 nitrogen and oxygen atoms in total. The first kappa shape index (κ1) is 13.9. The van der Waals surface area contributed by atoms with Gasteiger partial charge in [0, 0.05) is 0 Å². The zero-order valence-corrected chi connectivity index (χ0v) is 9.62. The first-order valence-corrected chi connectivity index (χ1v) is 6.25. The van der Waals surface area contributed by atoms with Crippen molar-refractivity contribution in [3.63, 3.8) is 0 Å². The molecule has 1 heterocycles. The molecule has 10 heteroatoms. The Morgan fingerprint density at radius 2 is 2.12 bits per heavy atom. The Morgan fingerprint density at radius 3 is 2.59 bits per heavy atom. The summed E-state index contributed by atoms with van der Waals surface area (Å²) in [5, 5.41) is 8.46. The van der Waals surface area contributed by atoms with E-state index in [1.807, 2.05) is 0 Å². The molecule has 0 amide bonds. The van der Waals surface area contributed by atoms with Crippen molar-refractivity contribution >= 4 is 21.4 Å². The van der Waals surface area contributed by atoms with Crippen LogP contribution in [0.3, 0.4) is 0 Å². The third-order valence-corrected chi connectivity index (χ3v) is 4.06. The lowest BCUT2D eigenvalue weighted by atomic mass is 10.5. The third kappa shape index (κ3) is 4.31. The lowest BCUT2D eigenvalue weighted by molar-refractivity contribution is -0.181. The Labute approximate surface area is 98.4 Å². The van der Waals surface area contributed by atoms with Gasteiger partial charge in [0.15, 0.2) is 6.61 Å². The van der Waals surface area contributed by atoms with Crippen molar-refractivity contribution in [2.75, 3.05) is 6.61 Å². The van der Waals surface area contributed by atoms with Gasteiger partial charge in [-0.15, -0.1) is 11.3 Å². The third-order valence-electron chi connectivity index (χ3n) is 1.36. The molecule has 0 aromatic carbocycles. The van der Waals surface area contributed by atoms with Crippen molar-refractivity contribution in [3.05, 3.63) is 17.0 Å². The molecule has 1 aromatic rings. The zero-order chi connectivity index (χ0) is 13.1. The van der Waals surface area contributed by atoms with E-state index in [1.165, 1.54) is 11.0 Å². The molecule has 0 atom stereocenters. The van der Waals surface area contributed by atoms with Crippen LogP contribution in [0.25, 0.3) is 0 Å². The lowest BCUT2D eigenvalue weighted by Crippen LogP contribution is -2.29. The molecule has 0 saturated heterocycles. The molecule has 0 radical (unpaired) electrons. The van der Waals surface area contributed by atoms with Gasteiger partial charge < -0.3 is 0 Å². The number of alkyl halides is 3. The van der Waals surface area contributed by atoms with E-state index in [9.17, 15) is 21.6 Å². The van der Waals surface area contributed by atoms with E-state index < -0.39 is 22.8 Å². The second-order valence-electron chi connectivity index (χ2n) is 2.72. The van der Waals surface area contributed by atoms with Crippen molar-refractivity contribution in [1.29, 1.82) is 5.26 Å². The summed E-state index contributed by atoms with van der Waals surface area (Å²) in [6.45, 7) is -1.73. The average Bonchev–Trinajstić information content (AvgIpc) is 2.63. The molecule has 0 spiro atoms. The van der Waals surface area contributed by atoms with Gasteiger partial charge in [-0.25, -0.2) is 8.42 Å². The van der Waals surface area contributed by atoms with Crippen LogP contribution in [0.4, 0.5) is 13.2 Å². The minimum Gasteiger partial charge on any atom is -0.277 e. The van der Waals surface area contributed by atoms with Crippen molar-refractivity contribution in [2.24, 2.45) is 0 Å². The molecule has 17 heavy (non-hydrogen) atoms. The first-order valence-electron chi connectivity index (χ1n) is 3.95. The monoisotopic (exact) mass is 286 g/mol. The van der Waals surface area contributed by atoms with Gasteiger partial charge in [0.25, 0.3) is 10.0 Å². The Bertz CT molecular complexity index is 529. The van der Waals surface area contributed by atoms with Gasteiger partial charge in [0.05, 0.1) is 0 Å². The second kappa shape index (κ2) is 5.01. The van der Waals surface area contributed by atoms with Crippen LogP contribution in [0, 0.1) is 11.3 Å². The fraction of sp³-hybridized carbons (Fsp3) is 0.286. The lowest BCUT2D eigenvalue weighted by Gasteiger charge is -2.07. The summed E-state index contributed by atoms with van der Waals surface area (Å²) < 4.78 is 57.5. The molecule has 0 bridgehead atoms. The van der Waals surface area contributed by atoms with Crippen molar-refractivity contribution < 1.29 is 26.4 Å². The molecule has 0 aliphatic rings. The highest BCUT2D eigenvalue weighted by molar-refractivity contribution is 7.91. The number of hydrogen-bond donors (Lipinski definition) is 1. The molecule has 0 aliphatic heterocycles. The standard InChI is InChI=1S/C7H5F3N2O3S2/c8-7(9,10)4-15-12-17(13,14)6-2-1-5(3-11)16-6/h1-2,12H,4H2. The highest BCUT2D eigenvalue weighted by Crippen LogP contribution is 2.21. The number of halogens is 3. The summed E-state index contributed by atoms with van der Waals surface area (Å²) in [5.74, 6) is 0. The van der Waals surface area contributed by atoms with E-state index in [1.54, 1.807) is 6.07 Å². The van der Waals surface area contributed by atoms with Gasteiger partial charge in [-0.3, -0.25) is 4.84 Å². The summed E-state index contributed by atoms with van der Waals surface area (Å²) in [4.78, 5) is 5.27. The highest BCUT2D eigenvalue weighted by atomic mass is 32.2. The van der Waals surface area contributed by atoms with E-state index in [2.05, 4.69) is 4.84 Å². The Hall–Kier alpha value is -1.15. The number of sulfonamides is 1. The van der Waals surface area contributed by atoms with Gasteiger partial charge in [-0.05, 0) is 12.1 Å². The molecule has 94 valence electrons. The molecular weight excluding hydrogens is 281 g/mol. The fourth-order valence-corrected chi connectivity index (χ4v) is 2.64. The molecule has 0 fully saturated rings. The van der Waals surface area contributed by atoms with E-state index in [4.69, 9.17) is 5.26 Å². The summed E-state index contributed by atoms with van der Waals surface area (Å²) in [6.07, 6.45) is -4.63. The summed E-state index contributed by atoms with van der Waals surface area (Å²) in [5.41, 5.74) is 0. The number of nitrogens with zero attached hydrogens (tertiary/aromatic N) is 1. The largest absolute Gasteiger partial charge is 0.413 e. The molecule has 1 rings (SSSR count). The Balaban J connectivity index is 2.67. The van der Waals surface area contributed by atoms with Crippen LogP contribution in [0.1, 0.15) is 4.88 Å². The molecule has 0 aliphatic carbocycles. The summed E-state index contributed by atoms with van der Waals surface area (Å²) in [6, 6.07) is 4.04. The Kier molecular flexibility index (Phi) is 4.10. The first-order chi connectivity index (χ1) is 7.74. The Morgan fingerprint density at radius 1 is 1.47 bits per heavy atom.